The number of pyridine rings is 1. The number of alkyl carbamates (subject to hydrolysis) is 2. The van der Waals surface area contributed by atoms with Crippen LogP contribution >= 0.6 is 0 Å². The molecule has 0 bridgehead atoms. The zero-order valence-electron chi connectivity index (χ0n) is 32.8. The Morgan fingerprint density at radius 3 is 2.50 bits per heavy atom. The van der Waals surface area contributed by atoms with Crippen LogP contribution in [0.3, 0.4) is 0 Å². The van der Waals surface area contributed by atoms with Gasteiger partial charge in [0.05, 0.1) is 23.5 Å². The molecule has 4 unspecified atom stereocenters. The van der Waals surface area contributed by atoms with Gasteiger partial charge in [0.2, 0.25) is 5.60 Å². The maximum atomic E-state index is 15.5. The second-order valence-electron chi connectivity index (χ2n) is 16.7. The van der Waals surface area contributed by atoms with Crippen molar-refractivity contribution in [2.45, 2.75) is 111 Å². The van der Waals surface area contributed by atoms with Gasteiger partial charge in [-0.15, -0.1) is 0 Å². The summed E-state index contributed by atoms with van der Waals surface area (Å²) in [7, 11) is 0. The highest BCUT2D eigenvalue weighted by molar-refractivity contribution is 6.04. The van der Waals surface area contributed by atoms with Crippen LogP contribution in [0.25, 0.3) is 5.70 Å². The van der Waals surface area contributed by atoms with Crippen LogP contribution in [0.4, 0.5) is 14.0 Å². The van der Waals surface area contributed by atoms with Crippen molar-refractivity contribution in [3.8, 4) is 0 Å². The lowest BCUT2D eigenvalue weighted by Crippen LogP contribution is -2.54. The number of aromatic nitrogens is 1. The van der Waals surface area contributed by atoms with Crippen LogP contribution in [0.5, 0.6) is 0 Å². The fourth-order valence-electron chi connectivity index (χ4n) is 8.94. The molecule has 13 nitrogen and oxygen atoms in total. The molecule has 2 aromatic rings. The van der Waals surface area contributed by atoms with E-state index in [1.807, 2.05) is 37.3 Å². The molecule has 7 rings (SSSR count). The van der Waals surface area contributed by atoms with Crippen molar-refractivity contribution in [1.82, 2.24) is 15.2 Å². The van der Waals surface area contributed by atoms with Crippen LogP contribution in [-0.2, 0) is 53.9 Å². The topological polar surface area (TPSA) is 164 Å². The number of allylic oxidation sites excluding steroid dienone is 2. The number of benzene rings is 1. The number of fused-ring (bicyclic) bond motifs is 4. The molecule has 0 radical (unpaired) electrons. The van der Waals surface area contributed by atoms with E-state index >= 15 is 4.39 Å². The zero-order valence-corrected chi connectivity index (χ0v) is 32.8. The Morgan fingerprint density at radius 1 is 1.09 bits per heavy atom. The fraction of sp³-hybridized carbons (Fsp3) is 0.524. The highest BCUT2D eigenvalue weighted by atomic mass is 19.1. The Labute approximate surface area is 324 Å². The summed E-state index contributed by atoms with van der Waals surface area (Å²) in [4.78, 5) is 73.1. The summed E-state index contributed by atoms with van der Waals surface area (Å²) in [6.07, 6.45) is 1.18. The molecule has 3 aliphatic heterocycles. The summed E-state index contributed by atoms with van der Waals surface area (Å²) in [5, 5.41) is 5.66. The van der Waals surface area contributed by atoms with Gasteiger partial charge in [-0.1, -0.05) is 58.0 Å². The average molecular weight is 773 g/mol. The van der Waals surface area contributed by atoms with Crippen LogP contribution in [0.15, 0.2) is 63.7 Å². The lowest BCUT2D eigenvalue weighted by Gasteiger charge is -2.49. The van der Waals surface area contributed by atoms with Crippen molar-refractivity contribution in [3.63, 3.8) is 0 Å². The van der Waals surface area contributed by atoms with Gasteiger partial charge in [-0.05, 0) is 75.1 Å². The number of hydrogen-bond acceptors (Lipinski definition) is 10. The monoisotopic (exact) mass is 772 g/mol. The van der Waals surface area contributed by atoms with Gasteiger partial charge >= 0.3 is 24.1 Å². The molecule has 4 heterocycles. The molecule has 1 saturated carbocycles. The molecule has 298 valence electrons. The Balaban J connectivity index is 1.26. The lowest BCUT2D eigenvalue weighted by atomic mass is 9.58. The quantitative estimate of drug-likeness (QED) is 0.234. The van der Waals surface area contributed by atoms with E-state index in [0.29, 0.717) is 29.9 Å². The number of rotatable bonds is 8. The van der Waals surface area contributed by atoms with E-state index in [0.717, 1.165) is 11.1 Å². The number of carbonyl (C=O) groups is 4. The number of carbonyl (C=O) groups excluding carboxylic acids is 4. The molecule has 2 N–H and O–H groups in total. The van der Waals surface area contributed by atoms with Gasteiger partial charge in [-0.2, -0.15) is 0 Å². The predicted octanol–water partition coefficient (Wildman–Crippen LogP) is 6.22. The second kappa shape index (κ2) is 14.7. The third kappa shape index (κ3) is 6.91. The van der Waals surface area contributed by atoms with Crippen LogP contribution in [-0.4, -0.2) is 52.1 Å². The number of aliphatic imine (C=N–C) groups is 1. The van der Waals surface area contributed by atoms with Crippen LogP contribution in [0.2, 0.25) is 0 Å². The maximum Gasteiger partial charge on any atom is 0.408 e. The van der Waals surface area contributed by atoms with Crippen molar-refractivity contribution >= 4 is 35.5 Å². The molecule has 5 aliphatic rings. The third-order valence-corrected chi connectivity index (χ3v) is 11.7. The molecule has 14 heteroatoms. The van der Waals surface area contributed by atoms with Gasteiger partial charge in [-0.3, -0.25) is 9.79 Å². The van der Waals surface area contributed by atoms with E-state index in [-0.39, 0.29) is 66.8 Å². The van der Waals surface area contributed by atoms with E-state index in [2.05, 4.69) is 10.6 Å². The maximum absolute atomic E-state index is 15.5. The van der Waals surface area contributed by atoms with Gasteiger partial charge in [0.15, 0.2) is 0 Å². The first-order valence-electron chi connectivity index (χ1n) is 19.4. The largest absolute Gasteiger partial charge is 0.457 e. The highest BCUT2D eigenvalue weighted by Gasteiger charge is 2.55. The molecule has 2 amide bonds. The molecule has 0 saturated heterocycles. The Bertz CT molecular complexity index is 2120. The Hall–Kier alpha value is -5.27. The minimum absolute atomic E-state index is 0.0776. The summed E-state index contributed by atoms with van der Waals surface area (Å²) in [5.74, 6) is -3.48. The van der Waals surface area contributed by atoms with E-state index in [4.69, 9.17) is 23.9 Å². The van der Waals surface area contributed by atoms with Crippen LogP contribution in [0, 0.1) is 29.6 Å². The summed E-state index contributed by atoms with van der Waals surface area (Å²) in [5.41, 5.74) is 0.0217. The first-order valence-corrected chi connectivity index (χ1v) is 19.4. The normalized spacial score (nSPS) is 26.7. The second-order valence-corrected chi connectivity index (χ2v) is 16.7. The molecule has 1 fully saturated rings. The summed E-state index contributed by atoms with van der Waals surface area (Å²) in [6.45, 7) is 11.9. The van der Waals surface area contributed by atoms with Gasteiger partial charge in [0, 0.05) is 35.1 Å². The van der Waals surface area contributed by atoms with E-state index in [9.17, 15) is 24.0 Å². The first-order chi connectivity index (χ1) is 26.5. The lowest BCUT2D eigenvalue weighted by molar-refractivity contribution is -0.191. The van der Waals surface area contributed by atoms with Crippen molar-refractivity contribution in [1.29, 1.82) is 0 Å². The number of ether oxygens (including phenoxy) is 4. The molecule has 56 heavy (non-hydrogen) atoms. The number of esters is 2. The molecule has 7 atom stereocenters. The molecular weight excluding hydrogens is 723 g/mol. The predicted molar refractivity (Wildman–Crippen MR) is 203 cm³/mol. The van der Waals surface area contributed by atoms with Crippen LogP contribution in [0.1, 0.15) is 90.1 Å². The van der Waals surface area contributed by atoms with Gasteiger partial charge in [0.1, 0.15) is 30.7 Å². The summed E-state index contributed by atoms with van der Waals surface area (Å²) >= 11 is 0. The minimum atomic E-state index is -2.02. The van der Waals surface area contributed by atoms with Gasteiger partial charge in [-0.25, -0.2) is 23.6 Å². The number of amides is 2. The highest BCUT2D eigenvalue weighted by Crippen LogP contribution is 2.54. The number of nitrogens with one attached hydrogen (secondary N) is 2. The van der Waals surface area contributed by atoms with E-state index in [1.165, 1.54) is 6.08 Å². The SMILES string of the molecule is CC[C@@]1(OC(=O)[C@@H](NC(=O)OC(C)(C)C)C(C)C)C(=O)OCc2c1cc1n(c2=O)CC2=C1N=C1C=C(F)C(C)C3CC[C@H](NC(=O)OCc4ccccc4)C2C13. The van der Waals surface area contributed by atoms with Crippen LogP contribution < -0.4 is 16.2 Å². The van der Waals surface area contributed by atoms with Crippen molar-refractivity contribution in [2.75, 3.05) is 0 Å². The van der Waals surface area contributed by atoms with E-state index < -0.39 is 58.9 Å². The number of nitrogens with zero attached hydrogens (tertiary/aromatic N) is 2. The number of cyclic esters (lactones) is 1. The molecule has 1 aromatic heterocycles. The first kappa shape index (κ1) is 39.0. The van der Waals surface area contributed by atoms with Crippen molar-refractivity contribution in [3.05, 3.63) is 86.6 Å². The summed E-state index contributed by atoms with van der Waals surface area (Å²) in [6, 6.07) is 9.40. The molecular formula is C42H49FN4O9. The smallest absolute Gasteiger partial charge is 0.408 e. The summed E-state index contributed by atoms with van der Waals surface area (Å²) < 4.78 is 39.7. The number of halogens is 1. The van der Waals surface area contributed by atoms with E-state index in [1.54, 1.807) is 52.2 Å². The average Bonchev–Trinajstić information content (AvgIpc) is 3.51. The molecule has 1 aromatic carbocycles. The Morgan fingerprint density at radius 2 is 1.82 bits per heavy atom. The van der Waals surface area contributed by atoms with Crippen molar-refractivity contribution in [2.24, 2.45) is 34.6 Å². The molecule has 2 aliphatic carbocycles. The Kier molecular flexibility index (Phi) is 10.2. The third-order valence-electron chi connectivity index (χ3n) is 11.7. The number of hydrogen-bond donors (Lipinski definition) is 2. The zero-order chi connectivity index (χ0) is 40.3. The minimum Gasteiger partial charge on any atom is -0.457 e. The van der Waals surface area contributed by atoms with Gasteiger partial charge in [0.25, 0.3) is 5.56 Å². The standard InChI is InChI=1S/C42H49FN4O9/c1-8-42(55-37(49)34(21(2)3)46-40(52)56-41(5,6)7)27-16-31-35-25(18-47(31)36(48)26(27)20-53-38(42)50)33-29(45-39(51)54-19-23-12-10-9-11-13-23)15-14-24-22(4)28(43)17-30(44-35)32(24)33/h9-13,16-17,21-22,24,29,32-34H,8,14-15,18-20H2,1-7H3,(H,45,51)(H,46,52)/t22?,24?,29-,32?,33?,34-,42-/m0/s1. The molecule has 0 spiro atoms. The van der Waals surface area contributed by atoms with Crippen molar-refractivity contribution < 1.29 is 42.5 Å². The van der Waals surface area contributed by atoms with Gasteiger partial charge < -0.3 is 34.1 Å². The fourth-order valence-corrected chi connectivity index (χ4v) is 8.94.